The third-order valence-electron chi connectivity index (χ3n) is 2.59. The quantitative estimate of drug-likeness (QED) is 0.788. The molecule has 0 saturated carbocycles. The molecule has 3 heteroatoms. The van der Waals surface area contributed by atoms with E-state index in [4.69, 9.17) is 5.11 Å². The minimum absolute atomic E-state index is 0.319. The Balaban J connectivity index is 2.80. The summed E-state index contributed by atoms with van der Waals surface area (Å²) in [5.74, 6) is -0.554. The van der Waals surface area contributed by atoms with Gasteiger partial charge >= 0.3 is 5.97 Å². The largest absolute Gasteiger partial charge is 0.478 e. The van der Waals surface area contributed by atoms with Crippen molar-refractivity contribution in [3.05, 3.63) is 35.5 Å². The van der Waals surface area contributed by atoms with E-state index in [0.29, 0.717) is 11.5 Å². The predicted molar refractivity (Wildman–Crippen MR) is 59.3 cm³/mol. The van der Waals surface area contributed by atoms with Crippen molar-refractivity contribution in [3.8, 4) is 0 Å². The fourth-order valence-electron chi connectivity index (χ4n) is 1.84. The molecule has 0 unspecified atom stereocenters. The molecule has 0 aliphatic carbocycles. The highest BCUT2D eigenvalue weighted by Gasteiger charge is 2.14. The van der Waals surface area contributed by atoms with E-state index in [9.17, 15) is 4.79 Å². The zero-order valence-corrected chi connectivity index (χ0v) is 8.74. The zero-order valence-electron chi connectivity index (χ0n) is 8.74. The molecule has 0 fully saturated rings. The van der Waals surface area contributed by atoms with Crippen LogP contribution in [0.25, 0.3) is 10.9 Å². The third kappa shape index (κ3) is 1.50. The van der Waals surface area contributed by atoms with Gasteiger partial charge in [-0.05, 0) is 23.6 Å². The highest BCUT2D eigenvalue weighted by Crippen LogP contribution is 2.28. The molecule has 0 aliphatic rings. The van der Waals surface area contributed by atoms with Crippen LogP contribution >= 0.6 is 0 Å². The molecule has 0 saturated heterocycles. The lowest BCUT2D eigenvalue weighted by Crippen LogP contribution is -1.98. The summed E-state index contributed by atoms with van der Waals surface area (Å²) in [4.78, 5) is 14.2. The first-order valence-corrected chi connectivity index (χ1v) is 4.94. The summed E-state index contributed by atoms with van der Waals surface area (Å²) >= 11 is 0. The van der Waals surface area contributed by atoms with Crippen LogP contribution in [0.4, 0.5) is 0 Å². The number of aromatic amines is 1. The number of carbonyl (C=O) groups is 1. The van der Waals surface area contributed by atoms with E-state index >= 15 is 0 Å². The van der Waals surface area contributed by atoms with Crippen LogP contribution in [0.3, 0.4) is 0 Å². The van der Waals surface area contributed by atoms with Gasteiger partial charge < -0.3 is 10.1 Å². The van der Waals surface area contributed by atoms with E-state index < -0.39 is 5.97 Å². The molecule has 2 N–H and O–H groups in total. The summed E-state index contributed by atoms with van der Waals surface area (Å²) in [7, 11) is 0. The van der Waals surface area contributed by atoms with Crippen molar-refractivity contribution in [2.24, 2.45) is 0 Å². The maximum atomic E-state index is 11.1. The number of carboxylic acid groups (broad SMARTS) is 1. The molecule has 2 rings (SSSR count). The van der Waals surface area contributed by atoms with Gasteiger partial charge in [0.2, 0.25) is 0 Å². The Morgan fingerprint density at radius 1 is 1.40 bits per heavy atom. The second-order valence-corrected chi connectivity index (χ2v) is 3.93. The van der Waals surface area contributed by atoms with Crippen molar-refractivity contribution in [1.29, 1.82) is 0 Å². The highest BCUT2D eigenvalue weighted by molar-refractivity contribution is 6.04. The number of carboxylic acids is 1. The van der Waals surface area contributed by atoms with Crippen molar-refractivity contribution in [3.63, 3.8) is 0 Å². The van der Waals surface area contributed by atoms with Gasteiger partial charge in [0, 0.05) is 17.1 Å². The fourth-order valence-corrected chi connectivity index (χ4v) is 1.84. The lowest BCUT2D eigenvalue weighted by Gasteiger charge is -2.04. The van der Waals surface area contributed by atoms with Gasteiger partial charge in [0.05, 0.1) is 5.56 Å². The van der Waals surface area contributed by atoms with Gasteiger partial charge in [-0.2, -0.15) is 0 Å². The molecule has 0 aliphatic heterocycles. The van der Waals surface area contributed by atoms with Gasteiger partial charge in [0.15, 0.2) is 0 Å². The molecule has 0 spiro atoms. The van der Waals surface area contributed by atoms with Crippen LogP contribution in [0.1, 0.15) is 35.7 Å². The number of rotatable bonds is 2. The number of H-pyrrole nitrogens is 1. The normalized spacial score (nSPS) is 11.1. The SMILES string of the molecule is CC(C)c1c[nH]c2cccc(C(=O)O)c12. The predicted octanol–water partition coefficient (Wildman–Crippen LogP) is 2.99. The number of fused-ring (bicyclic) bond motifs is 1. The maximum absolute atomic E-state index is 11.1. The van der Waals surface area contributed by atoms with Crippen LogP contribution in [-0.4, -0.2) is 16.1 Å². The lowest BCUT2D eigenvalue weighted by atomic mass is 9.99. The van der Waals surface area contributed by atoms with Crippen molar-refractivity contribution in [2.75, 3.05) is 0 Å². The Morgan fingerprint density at radius 3 is 2.73 bits per heavy atom. The Labute approximate surface area is 87.7 Å². The molecule has 0 radical (unpaired) electrons. The van der Waals surface area contributed by atoms with Crippen molar-refractivity contribution < 1.29 is 9.90 Å². The third-order valence-corrected chi connectivity index (χ3v) is 2.59. The minimum atomic E-state index is -0.873. The second kappa shape index (κ2) is 3.42. The summed E-state index contributed by atoms with van der Waals surface area (Å²) in [5.41, 5.74) is 2.32. The maximum Gasteiger partial charge on any atom is 0.336 e. The van der Waals surface area contributed by atoms with Crippen molar-refractivity contribution in [2.45, 2.75) is 19.8 Å². The van der Waals surface area contributed by atoms with Crippen LogP contribution in [0.2, 0.25) is 0 Å². The summed E-state index contributed by atoms with van der Waals surface area (Å²) in [5, 5.41) is 9.93. The van der Waals surface area contributed by atoms with Crippen LogP contribution < -0.4 is 0 Å². The first kappa shape index (κ1) is 9.77. The van der Waals surface area contributed by atoms with Crippen LogP contribution in [-0.2, 0) is 0 Å². The van der Waals surface area contributed by atoms with E-state index in [1.807, 2.05) is 12.3 Å². The number of nitrogens with one attached hydrogen (secondary N) is 1. The molecule has 0 amide bonds. The molecule has 78 valence electrons. The highest BCUT2D eigenvalue weighted by atomic mass is 16.4. The van der Waals surface area contributed by atoms with E-state index in [0.717, 1.165) is 16.5 Å². The molecule has 1 aromatic heterocycles. The van der Waals surface area contributed by atoms with E-state index in [2.05, 4.69) is 18.8 Å². The number of benzene rings is 1. The summed E-state index contributed by atoms with van der Waals surface area (Å²) in [6.07, 6.45) is 1.89. The van der Waals surface area contributed by atoms with Gasteiger partial charge in [-0.3, -0.25) is 0 Å². The molecular weight excluding hydrogens is 190 g/mol. The average Bonchev–Trinajstić information content (AvgIpc) is 2.60. The molecule has 0 atom stereocenters. The van der Waals surface area contributed by atoms with Crippen LogP contribution in [0, 0.1) is 0 Å². The van der Waals surface area contributed by atoms with E-state index in [-0.39, 0.29) is 0 Å². The van der Waals surface area contributed by atoms with Crippen LogP contribution in [0.5, 0.6) is 0 Å². The minimum Gasteiger partial charge on any atom is -0.478 e. The number of hydrogen-bond donors (Lipinski definition) is 2. The molecule has 2 aromatic rings. The Morgan fingerprint density at radius 2 is 2.13 bits per heavy atom. The lowest BCUT2D eigenvalue weighted by molar-refractivity contribution is 0.0699. The van der Waals surface area contributed by atoms with Gasteiger partial charge in [-0.25, -0.2) is 4.79 Å². The Hall–Kier alpha value is -1.77. The summed E-state index contributed by atoms with van der Waals surface area (Å²) in [6, 6.07) is 5.30. The standard InChI is InChI=1S/C12H13NO2/c1-7(2)9-6-13-10-5-3-4-8(11(9)10)12(14)15/h3-7,13H,1-2H3,(H,14,15). The molecule has 0 bridgehead atoms. The summed E-state index contributed by atoms with van der Waals surface area (Å²) < 4.78 is 0. The second-order valence-electron chi connectivity index (χ2n) is 3.93. The molecule has 1 aromatic carbocycles. The monoisotopic (exact) mass is 203 g/mol. The average molecular weight is 203 g/mol. The number of aromatic carboxylic acids is 1. The first-order valence-electron chi connectivity index (χ1n) is 4.94. The Kier molecular flexibility index (Phi) is 2.23. The topological polar surface area (TPSA) is 53.1 Å². The van der Waals surface area contributed by atoms with Gasteiger partial charge in [-0.1, -0.05) is 19.9 Å². The molecule has 1 heterocycles. The van der Waals surface area contributed by atoms with Gasteiger partial charge in [-0.15, -0.1) is 0 Å². The fraction of sp³-hybridized carbons (Fsp3) is 0.250. The molecule has 15 heavy (non-hydrogen) atoms. The van der Waals surface area contributed by atoms with E-state index in [1.165, 1.54) is 0 Å². The first-order chi connectivity index (χ1) is 7.11. The van der Waals surface area contributed by atoms with Crippen LogP contribution in [0.15, 0.2) is 24.4 Å². The van der Waals surface area contributed by atoms with Crippen molar-refractivity contribution in [1.82, 2.24) is 4.98 Å². The Bertz CT molecular complexity index is 511. The summed E-state index contributed by atoms with van der Waals surface area (Å²) in [6.45, 7) is 4.11. The number of hydrogen-bond acceptors (Lipinski definition) is 1. The van der Waals surface area contributed by atoms with Gasteiger partial charge in [0.25, 0.3) is 0 Å². The van der Waals surface area contributed by atoms with E-state index in [1.54, 1.807) is 12.1 Å². The molecule has 3 nitrogen and oxygen atoms in total. The van der Waals surface area contributed by atoms with Gasteiger partial charge in [0.1, 0.15) is 0 Å². The smallest absolute Gasteiger partial charge is 0.336 e. The molecular formula is C12H13NO2. The zero-order chi connectivity index (χ0) is 11.0. The number of aromatic nitrogens is 1. The van der Waals surface area contributed by atoms with Crippen molar-refractivity contribution >= 4 is 16.9 Å².